The van der Waals surface area contributed by atoms with Crippen LogP contribution in [0.1, 0.15) is 29.8 Å². The molecule has 0 saturated carbocycles. The second kappa shape index (κ2) is 5.14. The highest BCUT2D eigenvalue weighted by Crippen LogP contribution is 2.42. The van der Waals surface area contributed by atoms with Crippen LogP contribution >= 0.6 is 15.9 Å². The molecule has 3 rings (SSSR count). The first-order valence-electron chi connectivity index (χ1n) is 6.13. The average molecular weight is 341 g/mol. The van der Waals surface area contributed by atoms with Crippen LogP contribution in [0.5, 0.6) is 5.75 Å². The van der Waals surface area contributed by atoms with E-state index in [1.165, 1.54) is 0 Å². The van der Waals surface area contributed by atoms with E-state index >= 15 is 0 Å². The van der Waals surface area contributed by atoms with E-state index < -0.39 is 23.8 Å². The predicted octanol–water partition coefficient (Wildman–Crippen LogP) is 4.28. The summed E-state index contributed by atoms with van der Waals surface area (Å²) in [6, 6.07) is 8.49. The molecule has 0 spiro atoms. The topological polar surface area (TPSA) is 29.5 Å². The number of fused-ring (bicyclic) bond motifs is 1. The molecule has 2 nitrogen and oxygen atoms in total. The van der Waals surface area contributed by atoms with Crippen molar-refractivity contribution in [2.45, 2.75) is 18.6 Å². The number of aliphatic hydroxyl groups excluding tert-OH is 1. The lowest BCUT2D eigenvalue weighted by Gasteiger charge is -2.30. The molecule has 5 heteroatoms. The third-order valence-corrected chi connectivity index (χ3v) is 3.84. The number of halogens is 3. The third kappa shape index (κ3) is 2.43. The molecule has 0 fully saturated rings. The van der Waals surface area contributed by atoms with Gasteiger partial charge in [0.2, 0.25) is 0 Å². The zero-order valence-electron chi connectivity index (χ0n) is 10.3. The minimum Gasteiger partial charge on any atom is -0.485 e. The Labute approximate surface area is 123 Å². The summed E-state index contributed by atoms with van der Waals surface area (Å²) in [6.45, 7) is 0. The Morgan fingerprint density at radius 2 is 1.90 bits per heavy atom. The summed E-state index contributed by atoms with van der Waals surface area (Å²) in [4.78, 5) is 0. The quantitative estimate of drug-likeness (QED) is 0.839. The highest BCUT2D eigenvalue weighted by atomic mass is 79.9. The number of hydrogen-bond donors (Lipinski definition) is 1. The van der Waals surface area contributed by atoms with Crippen LogP contribution in [0.3, 0.4) is 0 Å². The van der Waals surface area contributed by atoms with Crippen molar-refractivity contribution in [3.8, 4) is 5.75 Å². The van der Waals surface area contributed by atoms with E-state index in [2.05, 4.69) is 15.9 Å². The molecule has 1 unspecified atom stereocenters. The summed E-state index contributed by atoms with van der Waals surface area (Å²) < 4.78 is 33.6. The molecule has 1 aliphatic rings. The van der Waals surface area contributed by atoms with E-state index in [-0.39, 0.29) is 12.0 Å². The lowest BCUT2D eigenvalue weighted by molar-refractivity contribution is 0.0638. The van der Waals surface area contributed by atoms with Crippen molar-refractivity contribution in [1.82, 2.24) is 0 Å². The van der Waals surface area contributed by atoms with Crippen LogP contribution in [0.15, 0.2) is 40.9 Å². The molecule has 0 bridgehead atoms. The Hall–Kier alpha value is -1.46. The summed E-state index contributed by atoms with van der Waals surface area (Å²) in [5.74, 6) is -0.589. The molecule has 2 aromatic carbocycles. The SMILES string of the molecule is O[C@@H]1CC(c2cc(F)ccc2F)Oc2cc(Br)ccc21. The van der Waals surface area contributed by atoms with Crippen molar-refractivity contribution in [3.63, 3.8) is 0 Å². The van der Waals surface area contributed by atoms with Gasteiger partial charge in [0.05, 0.1) is 6.10 Å². The van der Waals surface area contributed by atoms with E-state index in [0.29, 0.717) is 11.3 Å². The minimum atomic E-state index is -0.764. The molecule has 20 heavy (non-hydrogen) atoms. The summed E-state index contributed by atoms with van der Waals surface area (Å²) in [5.41, 5.74) is 0.774. The molecule has 1 N–H and O–H groups in total. The summed E-state index contributed by atoms with van der Waals surface area (Å²) in [5, 5.41) is 10.1. The molecule has 1 heterocycles. The van der Waals surface area contributed by atoms with Crippen molar-refractivity contribution in [2.75, 3.05) is 0 Å². The molecule has 104 valence electrons. The largest absolute Gasteiger partial charge is 0.485 e. The van der Waals surface area contributed by atoms with Gasteiger partial charge in [-0.15, -0.1) is 0 Å². The number of benzene rings is 2. The van der Waals surface area contributed by atoms with Crippen molar-refractivity contribution >= 4 is 15.9 Å². The van der Waals surface area contributed by atoms with Crippen molar-refractivity contribution < 1.29 is 18.6 Å². The van der Waals surface area contributed by atoms with Gasteiger partial charge in [-0.3, -0.25) is 0 Å². The maximum atomic E-state index is 13.8. The van der Waals surface area contributed by atoms with Gasteiger partial charge >= 0.3 is 0 Å². The second-order valence-corrected chi connectivity index (χ2v) is 5.62. The lowest BCUT2D eigenvalue weighted by Crippen LogP contribution is -2.20. The maximum absolute atomic E-state index is 13.8. The standard InChI is InChI=1S/C15H11BrF2O2/c16-8-1-3-10-13(19)7-15(20-14(10)5-8)11-6-9(17)2-4-12(11)18/h1-6,13,15,19H,7H2/t13-,15?/m1/s1. The molecule has 0 saturated heterocycles. The van der Waals surface area contributed by atoms with Crippen LogP contribution in [0.2, 0.25) is 0 Å². The second-order valence-electron chi connectivity index (χ2n) is 4.71. The first-order valence-corrected chi connectivity index (χ1v) is 6.93. The van der Waals surface area contributed by atoms with Crippen molar-refractivity contribution in [1.29, 1.82) is 0 Å². The summed E-state index contributed by atoms with van der Waals surface area (Å²) in [6.07, 6.45) is -1.28. The van der Waals surface area contributed by atoms with Crippen LogP contribution in [-0.2, 0) is 0 Å². The molecule has 1 aliphatic heterocycles. The van der Waals surface area contributed by atoms with Crippen LogP contribution in [0, 0.1) is 11.6 Å². The maximum Gasteiger partial charge on any atom is 0.130 e. The molecule has 0 radical (unpaired) electrons. The van der Waals surface area contributed by atoms with Gasteiger partial charge in [0.25, 0.3) is 0 Å². The molecule has 0 aromatic heterocycles. The molecule has 2 atom stereocenters. The number of hydrogen-bond acceptors (Lipinski definition) is 2. The molecule has 0 amide bonds. The van der Waals surface area contributed by atoms with Gasteiger partial charge in [-0.25, -0.2) is 8.78 Å². The Morgan fingerprint density at radius 3 is 2.70 bits per heavy atom. The van der Waals surface area contributed by atoms with Crippen LogP contribution in [-0.4, -0.2) is 5.11 Å². The highest BCUT2D eigenvalue weighted by Gasteiger charge is 2.30. The van der Waals surface area contributed by atoms with E-state index in [0.717, 1.165) is 22.7 Å². The van der Waals surface area contributed by atoms with Crippen LogP contribution < -0.4 is 4.74 Å². The fourth-order valence-corrected chi connectivity index (χ4v) is 2.71. The fraction of sp³-hybridized carbons (Fsp3) is 0.200. The van der Waals surface area contributed by atoms with Crippen LogP contribution in [0.4, 0.5) is 8.78 Å². The van der Waals surface area contributed by atoms with Crippen molar-refractivity contribution in [2.24, 2.45) is 0 Å². The molecule has 2 aromatic rings. The number of rotatable bonds is 1. The van der Waals surface area contributed by atoms with Gasteiger partial charge in [0, 0.05) is 22.0 Å². The Kier molecular flexibility index (Phi) is 3.48. The smallest absolute Gasteiger partial charge is 0.130 e. The van der Waals surface area contributed by atoms with Gasteiger partial charge in [-0.1, -0.05) is 22.0 Å². The summed E-state index contributed by atoms with van der Waals surface area (Å²) in [7, 11) is 0. The van der Waals surface area contributed by atoms with E-state index in [9.17, 15) is 13.9 Å². The number of aliphatic hydroxyl groups is 1. The van der Waals surface area contributed by atoms with E-state index in [1.807, 2.05) is 0 Å². The van der Waals surface area contributed by atoms with Gasteiger partial charge in [0.15, 0.2) is 0 Å². The first-order chi connectivity index (χ1) is 9.54. The van der Waals surface area contributed by atoms with Gasteiger partial charge in [-0.05, 0) is 30.3 Å². The van der Waals surface area contributed by atoms with Crippen LogP contribution in [0.25, 0.3) is 0 Å². The van der Waals surface area contributed by atoms with Gasteiger partial charge < -0.3 is 9.84 Å². The molecular weight excluding hydrogens is 330 g/mol. The fourth-order valence-electron chi connectivity index (χ4n) is 2.37. The zero-order chi connectivity index (χ0) is 14.3. The lowest BCUT2D eigenvalue weighted by atomic mass is 9.95. The minimum absolute atomic E-state index is 0.120. The third-order valence-electron chi connectivity index (χ3n) is 3.35. The zero-order valence-corrected chi connectivity index (χ0v) is 11.9. The summed E-state index contributed by atoms with van der Waals surface area (Å²) >= 11 is 3.32. The Morgan fingerprint density at radius 1 is 1.10 bits per heavy atom. The predicted molar refractivity (Wildman–Crippen MR) is 73.4 cm³/mol. The van der Waals surface area contributed by atoms with E-state index in [4.69, 9.17) is 4.74 Å². The average Bonchev–Trinajstić information content (AvgIpc) is 2.41. The molecule has 0 aliphatic carbocycles. The Bertz CT molecular complexity index is 660. The molecular formula is C15H11BrF2O2. The number of ether oxygens (including phenoxy) is 1. The monoisotopic (exact) mass is 340 g/mol. The van der Waals surface area contributed by atoms with Gasteiger partial charge in [0.1, 0.15) is 23.5 Å². The highest BCUT2D eigenvalue weighted by molar-refractivity contribution is 9.10. The van der Waals surface area contributed by atoms with Gasteiger partial charge in [-0.2, -0.15) is 0 Å². The Balaban J connectivity index is 2.00. The normalized spacial score (nSPS) is 21.2. The van der Waals surface area contributed by atoms with Crippen molar-refractivity contribution in [3.05, 3.63) is 63.6 Å². The first kappa shape index (κ1) is 13.5. The van der Waals surface area contributed by atoms with E-state index in [1.54, 1.807) is 18.2 Å².